The van der Waals surface area contributed by atoms with Gasteiger partial charge in [-0.3, -0.25) is 9.98 Å². The summed E-state index contributed by atoms with van der Waals surface area (Å²) in [5.74, 6) is -0.326. The molecule has 0 radical (unpaired) electrons. The van der Waals surface area contributed by atoms with E-state index >= 15 is 0 Å². The van der Waals surface area contributed by atoms with Gasteiger partial charge in [-0.1, -0.05) is 12.1 Å². The predicted molar refractivity (Wildman–Crippen MR) is 119 cm³/mol. The van der Waals surface area contributed by atoms with Gasteiger partial charge in [-0.15, -0.1) is 24.0 Å². The third-order valence-corrected chi connectivity index (χ3v) is 4.49. The number of benzene rings is 1. The fourth-order valence-corrected chi connectivity index (χ4v) is 3.21. The maximum atomic E-state index is 14.0. The number of rotatable bonds is 6. The number of para-hydroxylation sites is 1. The maximum Gasteiger partial charge on any atom is 0.191 e. The van der Waals surface area contributed by atoms with E-state index in [4.69, 9.17) is 0 Å². The minimum Gasteiger partial charge on any atom is -0.365 e. The Labute approximate surface area is 181 Å². The molecule has 1 unspecified atom stereocenters. The van der Waals surface area contributed by atoms with Gasteiger partial charge in [0.25, 0.3) is 0 Å². The fourth-order valence-electron chi connectivity index (χ4n) is 3.21. The second kappa shape index (κ2) is 11.1. The number of pyridine rings is 1. The average molecular weight is 501 g/mol. The topological polar surface area (TPSA) is 52.6 Å². The first kappa shape index (κ1) is 22.3. The summed E-state index contributed by atoms with van der Waals surface area (Å²) in [6.07, 6.45) is 3.32. The lowest BCUT2D eigenvalue weighted by Gasteiger charge is -2.21. The smallest absolute Gasteiger partial charge is 0.191 e. The van der Waals surface area contributed by atoms with Gasteiger partial charge in [0, 0.05) is 50.5 Å². The molecule has 1 saturated heterocycles. The molecule has 0 spiro atoms. The first-order valence-corrected chi connectivity index (χ1v) is 9.31. The molecule has 0 amide bonds. The molecule has 1 aromatic heterocycles. The quantitative estimate of drug-likeness (QED) is 0.362. The summed E-state index contributed by atoms with van der Waals surface area (Å²) in [6, 6.07) is 9.89. The molecule has 1 aliphatic rings. The second-order valence-corrected chi connectivity index (χ2v) is 6.48. The van der Waals surface area contributed by atoms with Crippen LogP contribution in [0.1, 0.15) is 19.0 Å². The molecule has 1 aromatic carbocycles. The van der Waals surface area contributed by atoms with E-state index in [1.54, 1.807) is 11.1 Å². The van der Waals surface area contributed by atoms with Crippen LogP contribution in [0.3, 0.4) is 0 Å². The van der Waals surface area contributed by atoms with Crippen molar-refractivity contribution in [3.8, 4) is 0 Å². The average Bonchev–Trinajstić information content (AvgIpc) is 3.10. The third kappa shape index (κ3) is 6.02. The zero-order chi connectivity index (χ0) is 19.1. The van der Waals surface area contributed by atoms with Crippen LogP contribution in [0.2, 0.25) is 0 Å². The molecule has 152 valence electrons. The summed E-state index contributed by atoms with van der Waals surface area (Å²) in [5.41, 5.74) is 1.05. The minimum absolute atomic E-state index is 0. The van der Waals surface area contributed by atoms with E-state index in [2.05, 4.69) is 20.6 Å². The van der Waals surface area contributed by atoms with Crippen molar-refractivity contribution in [1.29, 1.82) is 0 Å². The van der Waals surface area contributed by atoms with Crippen molar-refractivity contribution >= 4 is 35.6 Å². The van der Waals surface area contributed by atoms with Crippen LogP contribution in [0, 0.1) is 11.6 Å². The minimum atomic E-state index is -0.522. The summed E-state index contributed by atoms with van der Waals surface area (Å²) in [5, 5.41) is 6.60. The highest BCUT2D eigenvalue weighted by molar-refractivity contribution is 14.0. The number of nitrogens with zero attached hydrogens (tertiary/aromatic N) is 3. The number of aliphatic imine (C=N–C) groups is 1. The van der Waals surface area contributed by atoms with Gasteiger partial charge in [0.1, 0.15) is 17.3 Å². The first-order valence-electron chi connectivity index (χ1n) is 9.31. The molecule has 3 rings (SSSR count). The molecule has 1 atom stereocenters. The molecule has 5 nitrogen and oxygen atoms in total. The Hall–Kier alpha value is -1.97. The molecule has 8 heteroatoms. The molecular weight excluding hydrogens is 475 g/mol. The van der Waals surface area contributed by atoms with Gasteiger partial charge in [-0.05, 0) is 37.6 Å². The van der Waals surface area contributed by atoms with Gasteiger partial charge in [0.2, 0.25) is 0 Å². The van der Waals surface area contributed by atoms with E-state index in [-0.39, 0.29) is 35.7 Å². The van der Waals surface area contributed by atoms with Crippen LogP contribution in [0.25, 0.3) is 0 Å². The number of hydrogen-bond donors (Lipinski definition) is 2. The van der Waals surface area contributed by atoms with Gasteiger partial charge in [-0.25, -0.2) is 8.78 Å². The van der Waals surface area contributed by atoms with Crippen molar-refractivity contribution in [1.82, 2.24) is 15.6 Å². The SMILES string of the molecule is CCNC(=NCCc1ccccn1)NC1CCN(c2c(F)cccc2F)C1.I. The normalized spacial score (nSPS) is 16.6. The van der Waals surface area contributed by atoms with Crippen LogP contribution in [-0.2, 0) is 6.42 Å². The van der Waals surface area contributed by atoms with Crippen LogP contribution >= 0.6 is 24.0 Å². The number of anilines is 1. The lowest BCUT2D eigenvalue weighted by molar-refractivity contribution is 0.576. The molecule has 28 heavy (non-hydrogen) atoms. The summed E-state index contributed by atoms with van der Waals surface area (Å²) in [7, 11) is 0. The van der Waals surface area contributed by atoms with Gasteiger partial charge in [-0.2, -0.15) is 0 Å². The Morgan fingerprint density at radius 3 is 2.68 bits per heavy atom. The second-order valence-electron chi connectivity index (χ2n) is 6.48. The zero-order valence-corrected chi connectivity index (χ0v) is 18.2. The Bertz CT molecular complexity index is 752. The van der Waals surface area contributed by atoms with Crippen molar-refractivity contribution in [3.05, 3.63) is 59.9 Å². The van der Waals surface area contributed by atoms with E-state index in [9.17, 15) is 8.78 Å². The Balaban J connectivity index is 0.00000280. The van der Waals surface area contributed by atoms with Crippen molar-refractivity contribution in [3.63, 3.8) is 0 Å². The highest BCUT2D eigenvalue weighted by Gasteiger charge is 2.27. The number of nitrogens with one attached hydrogen (secondary N) is 2. The van der Waals surface area contributed by atoms with Crippen molar-refractivity contribution < 1.29 is 8.78 Å². The Morgan fingerprint density at radius 1 is 1.21 bits per heavy atom. The van der Waals surface area contributed by atoms with Crippen molar-refractivity contribution in [2.75, 3.05) is 31.1 Å². The van der Waals surface area contributed by atoms with E-state index < -0.39 is 11.6 Å². The number of guanidine groups is 1. The van der Waals surface area contributed by atoms with Crippen LogP contribution in [0.15, 0.2) is 47.6 Å². The Morgan fingerprint density at radius 2 is 2.00 bits per heavy atom. The van der Waals surface area contributed by atoms with Gasteiger partial charge >= 0.3 is 0 Å². The highest BCUT2D eigenvalue weighted by atomic mass is 127. The van der Waals surface area contributed by atoms with Gasteiger partial charge < -0.3 is 15.5 Å². The van der Waals surface area contributed by atoms with Gasteiger partial charge in [0.15, 0.2) is 5.96 Å². The van der Waals surface area contributed by atoms with E-state index in [1.807, 2.05) is 25.1 Å². The largest absolute Gasteiger partial charge is 0.365 e. The highest BCUT2D eigenvalue weighted by Crippen LogP contribution is 2.26. The van der Waals surface area contributed by atoms with Crippen LogP contribution in [0.5, 0.6) is 0 Å². The monoisotopic (exact) mass is 501 g/mol. The predicted octanol–water partition coefficient (Wildman–Crippen LogP) is 3.35. The fraction of sp³-hybridized carbons (Fsp3) is 0.400. The summed E-state index contributed by atoms with van der Waals surface area (Å²) < 4.78 is 28.0. The number of halogens is 3. The molecule has 1 fully saturated rings. The van der Waals surface area contributed by atoms with Crippen LogP contribution < -0.4 is 15.5 Å². The van der Waals surface area contributed by atoms with E-state index in [0.717, 1.165) is 25.1 Å². The van der Waals surface area contributed by atoms with E-state index in [0.29, 0.717) is 25.6 Å². The molecular formula is C20H26F2IN5. The first-order chi connectivity index (χ1) is 13.2. The maximum absolute atomic E-state index is 14.0. The lowest BCUT2D eigenvalue weighted by atomic mass is 10.2. The number of aromatic nitrogens is 1. The van der Waals surface area contributed by atoms with Crippen molar-refractivity contribution in [2.24, 2.45) is 4.99 Å². The van der Waals surface area contributed by atoms with Crippen LogP contribution in [-0.4, -0.2) is 43.2 Å². The van der Waals surface area contributed by atoms with Crippen LogP contribution in [0.4, 0.5) is 14.5 Å². The third-order valence-electron chi connectivity index (χ3n) is 4.49. The Kier molecular flexibility index (Phi) is 8.88. The molecule has 2 heterocycles. The zero-order valence-electron chi connectivity index (χ0n) is 15.9. The van der Waals surface area contributed by atoms with Gasteiger partial charge in [0.05, 0.1) is 0 Å². The lowest BCUT2D eigenvalue weighted by Crippen LogP contribution is -2.44. The molecule has 0 saturated carbocycles. The summed E-state index contributed by atoms with van der Waals surface area (Å²) in [4.78, 5) is 10.6. The van der Waals surface area contributed by atoms with E-state index in [1.165, 1.54) is 18.2 Å². The molecule has 0 aliphatic carbocycles. The summed E-state index contributed by atoms with van der Waals surface area (Å²) >= 11 is 0. The standard InChI is InChI=1S/C20H25F2N5.HI/c1-2-23-20(25-12-9-15-6-3-4-11-24-15)26-16-10-13-27(14-16)19-17(21)7-5-8-18(19)22;/h3-8,11,16H,2,9-10,12-14H2,1H3,(H2,23,25,26);1H. The van der Waals surface area contributed by atoms with Crippen molar-refractivity contribution in [2.45, 2.75) is 25.8 Å². The molecule has 2 N–H and O–H groups in total. The number of hydrogen-bond acceptors (Lipinski definition) is 3. The molecule has 1 aliphatic heterocycles. The molecule has 0 bridgehead atoms. The summed E-state index contributed by atoms with van der Waals surface area (Å²) in [6.45, 7) is 4.50. The molecule has 2 aromatic rings.